The molecule has 20 heavy (non-hydrogen) atoms. The molecule has 0 fully saturated rings. The van der Waals surface area contributed by atoms with Crippen molar-refractivity contribution in [2.45, 2.75) is 13.5 Å². The van der Waals surface area contributed by atoms with E-state index in [1.54, 1.807) is 13.0 Å². The van der Waals surface area contributed by atoms with Gasteiger partial charge in [-0.25, -0.2) is 4.39 Å². The second kappa shape index (κ2) is 5.41. The van der Waals surface area contributed by atoms with Gasteiger partial charge in [-0.05, 0) is 30.7 Å². The molecular weight excluding hydrogens is 257 g/mol. The summed E-state index contributed by atoms with van der Waals surface area (Å²) in [4.78, 5) is 0. The average molecular weight is 273 g/mol. The normalized spacial score (nSPS) is 13.1. The van der Waals surface area contributed by atoms with Crippen LogP contribution in [0.25, 0.3) is 0 Å². The summed E-state index contributed by atoms with van der Waals surface area (Å²) in [6, 6.07) is 10.9. The Morgan fingerprint density at radius 3 is 2.85 bits per heavy atom. The van der Waals surface area contributed by atoms with Crippen LogP contribution in [-0.4, -0.2) is 13.2 Å². The summed E-state index contributed by atoms with van der Waals surface area (Å²) >= 11 is 0. The molecule has 0 radical (unpaired) electrons. The third kappa shape index (κ3) is 2.54. The third-order valence-electron chi connectivity index (χ3n) is 3.30. The SMILES string of the molecule is Cc1ccc(NCc2cccc3c2OCCO3)cc1F. The predicted molar refractivity (Wildman–Crippen MR) is 75.9 cm³/mol. The summed E-state index contributed by atoms with van der Waals surface area (Å²) in [5.41, 5.74) is 2.40. The van der Waals surface area contributed by atoms with Crippen LogP contribution in [-0.2, 0) is 6.54 Å². The maximum absolute atomic E-state index is 13.5. The molecule has 0 bridgehead atoms. The zero-order chi connectivity index (χ0) is 13.9. The van der Waals surface area contributed by atoms with Gasteiger partial charge in [-0.1, -0.05) is 18.2 Å². The van der Waals surface area contributed by atoms with Gasteiger partial charge < -0.3 is 14.8 Å². The Hall–Kier alpha value is -2.23. The van der Waals surface area contributed by atoms with Crippen LogP contribution in [0.5, 0.6) is 11.5 Å². The number of rotatable bonds is 3. The van der Waals surface area contributed by atoms with Gasteiger partial charge in [-0.15, -0.1) is 0 Å². The lowest BCUT2D eigenvalue weighted by Gasteiger charge is -2.21. The smallest absolute Gasteiger partial charge is 0.166 e. The molecular formula is C16H16FNO2. The summed E-state index contributed by atoms with van der Waals surface area (Å²) in [5.74, 6) is 1.34. The van der Waals surface area contributed by atoms with E-state index in [1.165, 1.54) is 6.07 Å². The first-order chi connectivity index (χ1) is 9.74. The fourth-order valence-corrected chi connectivity index (χ4v) is 2.17. The highest BCUT2D eigenvalue weighted by Crippen LogP contribution is 2.33. The molecule has 2 aromatic carbocycles. The van der Waals surface area contributed by atoms with Gasteiger partial charge in [0.1, 0.15) is 19.0 Å². The standard InChI is InChI=1S/C16H16FNO2/c1-11-5-6-13(9-14(11)17)18-10-12-3-2-4-15-16(12)20-8-7-19-15/h2-6,9,18H,7-8,10H2,1H3. The number of aryl methyl sites for hydroxylation is 1. The van der Waals surface area contributed by atoms with Crippen molar-refractivity contribution < 1.29 is 13.9 Å². The van der Waals surface area contributed by atoms with Crippen LogP contribution in [0.1, 0.15) is 11.1 Å². The van der Waals surface area contributed by atoms with E-state index in [-0.39, 0.29) is 5.82 Å². The second-order valence-corrected chi connectivity index (χ2v) is 4.76. The number of hydrogen-bond donors (Lipinski definition) is 1. The number of halogens is 1. The van der Waals surface area contributed by atoms with Crippen LogP contribution in [0.2, 0.25) is 0 Å². The number of ether oxygens (including phenoxy) is 2. The number of hydrogen-bond acceptors (Lipinski definition) is 3. The molecule has 0 unspecified atom stereocenters. The summed E-state index contributed by atoms with van der Waals surface area (Å²) < 4.78 is 24.7. The van der Waals surface area contributed by atoms with Crippen molar-refractivity contribution >= 4 is 5.69 Å². The molecule has 0 aliphatic carbocycles. The Balaban J connectivity index is 1.76. The van der Waals surface area contributed by atoms with Gasteiger partial charge >= 0.3 is 0 Å². The predicted octanol–water partition coefficient (Wildman–Crippen LogP) is 3.52. The molecule has 3 nitrogen and oxygen atoms in total. The summed E-state index contributed by atoms with van der Waals surface area (Å²) in [6.07, 6.45) is 0. The summed E-state index contributed by atoms with van der Waals surface area (Å²) in [6.45, 7) is 3.45. The number of para-hydroxylation sites is 1. The van der Waals surface area contributed by atoms with E-state index < -0.39 is 0 Å². The third-order valence-corrected chi connectivity index (χ3v) is 3.30. The molecule has 3 rings (SSSR count). The lowest BCUT2D eigenvalue weighted by atomic mass is 10.1. The Labute approximate surface area is 117 Å². The molecule has 4 heteroatoms. The molecule has 0 aromatic heterocycles. The van der Waals surface area contributed by atoms with Gasteiger partial charge in [-0.3, -0.25) is 0 Å². The molecule has 0 atom stereocenters. The minimum Gasteiger partial charge on any atom is -0.486 e. The van der Waals surface area contributed by atoms with Gasteiger partial charge in [-0.2, -0.15) is 0 Å². The summed E-state index contributed by atoms with van der Waals surface area (Å²) in [7, 11) is 0. The zero-order valence-electron chi connectivity index (χ0n) is 11.3. The lowest BCUT2D eigenvalue weighted by Crippen LogP contribution is -2.17. The second-order valence-electron chi connectivity index (χ2n) is 4.76. The fraction of sp³-hybridized carbons (Fsp3) is 0.250. The Kier molecular flexibility index (Phi) is 3.46. The van der Waals surface area contributed by atoms with Crippen molar-refractivity contribution in [3.05, 3.63) is 53.3 Å². The molecule has 2 aromatic rings. The monoisotopic (exact) mass is 273 g/mol. The molecule has 0 amide bonds. The van der Waals surface area contributed by atoms with Crippen LogP contribution >= 0.6 is 0 Å². The highest BCUT2D eigenvalue weighted by Gasteiger charge is 2.15. The Bertz CT molecular complexity index is 628. The van der Waals surface area contributed by atoms with E-state index in [0.29, 0.717) is 25.3 Å². The quantitative estimate of drug-likeness (QED) is 0.928. The topological polar surface area (TPSA) is 30.5 Å². The largest absolute Gasteiger partial charge is 0.486 e. The van der Waals surface area contributed by atoms with Crippen LogP contribution in [0, 0.1) is 12.7 Å². The molecule has 104 valence electrons. The van der Waals surface area contributed by atoms with Gasteiger partial charge in [0.05, 0.1) is 0 Å². The molecule has 1 aliphatic heterocycles. The first kappa shape index (κ1) is 12.8. The molecule has 0 saturated heterocycles. The van der Waals surface area contributed by atoms with Gasteiger partial charge in [0.15, 0.2) is 11.5 Å². The van der Waals surface area contributed by atoms with Crippen LogP contribution in [0.3, 0.4) is 0 Å². The molecule has 1 heterocycles. The van der Waals surface area contributed by atoms with E-state index >= 15 is 0 Å². The minimum atomic E-state index is -0.204. The van der Waals surface area contributed by atoms with Crippen LogP contribution in [0.4, 0.5) is 10.1 Å². The van der Waals surface area contributed by atoms with Gasteiger partial charge in [0.25, 0.3) is 0 Å². The minimum absolute atomic E-state index is 0.204. The van der Waals surface area contributed by atoms with Crippen molar-refractivity contribution in [1.82, 2.24) is 0 Å². The zero-order valence-corrected chi connectivity index (χ0v) is 11.3. The van der Waals surface area contributed by atoms with E-state index in [9.17, 15) is 4.39 Å². The van der Waals surface area contributed by atoms with Crippen molar-refractivity contribution in [2.24, 2.45) is 0 Å². The fourth-order valence-electron chi connectivity index (χ4n) is 2.17. The Morgan fingerprint density at radius 2 is 2.00 bits per heavy atom. The van der Waals surface area contributed by atoms with Crippen molar-refractivity contribution in [3.8, 4) is 11.5 Å². The highest BCUT2D eigenvalue weighted by atomic mass is 19.1. The molecule has 0 spiro atoms. The number of fused-ring (bicyclic) bond motifs is 1. The maximum atomic E-state index is 13.5. The number of anilines is 1. The van der Waals surface area contributed by atoms with Crippen LogP contribution < -0.4 is 14.8 Å². The van der Waals surface area contributed by atoms with Crippen LogP contribution in [0.15, 0.2) is 36.4 Å². The molecule has 0 saturated carbocycles. The van der Waals surface area contributed by atoms with E-state index in [1.807, 2.05) is 24.3 Å². The Morgan fingerprint density at radius 1 is 1.15 bits per heavy atom. The van der Waals surface area contributed by atoms with Crippen molar-refractivity contribution in [1.29, 1.82) is 0 Å². The number of benzene rings is 2. The average Bonchev–Trinajstić information content (AvgIpc) is 2.48. The van der Waals surface area contributed by atoms with E-state index in [2.05, 4.69) is 5.32 Å². The lowest BCUT2D eigenvalue weighted by molar-refractivity contribution is 0.170. The van der Waals surface area contributed by atoms with Gasteiger partial charge in [0, 0.05) is 17.8 Å². The number of nitrogens with one attached hydrogen (secondary N) is 1. The molecule has 1 aliphatic rings. The summed E-state index contributed by atoms with van der Waals surface area (Å²) in [5, 5.41) is 3.20. The molecule has 1 N–H and O–H groups in total. The highest BCUT2D eigenvalue weighted by molar-refractivity contribution is 5.51. The van der Waals surface area contributed by atoms with Crippen molar-refractivity contribution in [2.75, 3.05) is 18.5 Å². The maximum Gasteiger partial charge on any atom is 0.166 e. The van der Waals surface area contributed by atoms with E-state index in [0.717, 1.165) is 22.7 Å². The van der Waals surface area contributed by atoms with E-state index in [4.69, 9.17) is 9.47 Å². The van der Waals surface area contributed by atoms with Gasteiger partial charge in [0.2, 0.25) is 0 Å². The first-order valence-electron chi connectivity index (χ1n) is 6.61. The van der Waals surface area contributed by atoms with Crippen molar-refractivity contribution in [3.63, 3.8) is 0 Å². The first-order valence-corrected chi connectivity index (χ1v) is 6.61.